The number of carbonyl (C=O) groups is 2. The Morgan fingerprint density at radius 3 is 2.50 bits per heavy atom. The lowest BCUT2D eigenvalue weighted by atomic mass is 10.0. The zero-order valence-corrected chi connectivity index (χ0v) is 19.1. The number of likely N-dealkylation sites (N-methyl/N-ethyl adjacent to an activating group) is 1. The number of halogens is 2. The highest BCUT2D eigenvalue weighted by Gasteiger charge is 2.19. The van der Waals surface area contributed by atoms with Crippen LogP contribution >= 0.6 is 0 Å². The third-order valence-corrected chi connectivity index (χ3v) is 5.21. The summed E-state index contributed by atoms with van der Waals surface area (Å²) in [7, 11) is 1.66. The van der Waals surface area contributed by atoms with E-state index in [2.05, 4.69) is 15.3 Å². The van der Waals surface area contributed by atoms with E-state index in [0.29, 0.717) is 24.1 Å². The van der Waals surface area contributed by atoms with E-state index in [1.807, 2.05) is 0 Å². The Bertz CT molecular complexity index is 1200. The number of nitrogens with zero attached hydrogens (tertiary/aromatic N) is 3. The van der Waals surface area contributed by atoms with E-state index in [1.165, 1.54) is 35.5 Å². The van der Waals surface area contributed by atoms with Crippen molar-refractivity contribution in [1.29, 1.82) is 0 Å². The number of aromatic nitrogens is 2. The molecule has 0 radical (unpaired) electrons. The molecule has 0 aliphatic heterocycles. The van der Waals surface area contributed by atoms with E-state index in [1.54, 1.807) is 20.9 Å². The van der Waals surface area contributed by atoms with Gasteiger partial charge < -0.3 is 20.7 Å². The molecule has 3 rings (SSSR count). The third kappa shape index (κ3) is 5.64. The van der Waals surface area contributed by atoms with Crippen LogP contribution in [0.1, 0.15) is 29.3 Å². The molecular weight excluding hydrogens is 444 g/mol. The molecule has 2 aromatic carbocycles. The van der Waals surface area contributed by atoms with Crippen LogP contribution in [-0.4, -0.2) is 46.9 Å². The number of amides is 2. The minimum absolute atomic E-state index is 0.0383. The smallest absolute Gasteiger partial charge is 0.255 e. The van der Waals surface area contributed by atoms with Crippen molar-refractivity contribution < 1.29 is 23.1 Å². The van der Waals surface area contributed by atoms with Crippen LogP contribution in [-0.2, 0) is 4.79 Å². The lowest BCUT2D eigenvalue weighted by molar-refractivity contribution is -0.129. The maximum atomic E-state index is 14.6. The Morgan fingerprint density at radius 2 is 1.82 bits per heavy atom. The van der Waals surface area contributed by atoms with Crippen LogP contribution in [0.2, 0.25) is 0 Å². The third-order valence-electron chi connectivity index (χ3n) is 5.21. The van der Waals surface area contributed by atoms with Crippen molar-refractivity contribution in [3.05, 3.63) is 65.5 Å². The maximum absolute atomic E-state index is 14.6. The van der Waals surface area contributed by atoms with Gasteiger partial charge in [0.25, 0.3) is 5.91 Å². The topological polar surface area (TPSA) is 110 Å². The molecule has 2 amide bonds. The summed E-state index contributed by atoms with van der Waals surface area (Å²) in [6.45, 7) is 3.88. The summed E-state index contributed by atoms with van der Waals surface area (Å²) in [6.07, 6.45) is 1.60. The van der Waals surface area contributed by atoms with Gasteiger partial charge in [0.15, 0.2) is 11.6 Å². The second kappa shape index (κ2) is 10.7. The van der Waals surface area contributed by atoms with Gasteiger partial charge in [-0.25, -0.2) is 18.7 Å². The zero-order chi connectivity index (χ0) is 24.8. The van der Waals surface area contributed by atoms with Crippen LogP contribution in [0.15, 0.2) is 42.7 Å². The lowest BCUT2D eigenvalue weighted by Gasteiger charge is -2.19. The van der Waals surface area contributed by atoms with Gasteiger partial charge in [-0.05, 0) is 48.9 Å². The van der Waals surface area contributed by atoms with E-state index < -0.39 is 17.5 Å². The van der Waals surface area contributed by atoms with Crippen LogP contribution in [0.25, 0.3) is 11.3 Å². The molecule has 34 heavy (non-hydrogen) atoms. The number of nitrogens with two attached hydrogens (primary N) is 1. The van der Waals surface area contributed by atoms with Crippen molar-refractivity contribution in [2.24, 2.45) is 0 Å². The SMILES string of the molecule is CCC(=O)N(C)CCOc1c(N)ncnc1-c1cc(F)cc(NC(=O)c2ccc(F)cc2)c1C. The minimum Gasteiger partial charge on any atom is -0.486 e. The fraction of sp³-hybridized carbons (Fsp3) is 0.250. The summed E-state index contributed by atoms with van der Waals surface area (Å²) in [5.74, 6) is -1.46. The second-order valence-electron chi connectivity index (χ2n) is 7.54. The molecule has 178 valence electrons. The van der Waals surface area contributed by atoms with Crippen LogP contribution < -0.4 is 15.8 Å². The maximum Gasteiger partial charge on any atom is 0.255 e. The predicted molar refractivity (Wildman–Crippen MR) is 124 cm³/mol. The van der Waals surface area contributed by atoms with Crippen molar-refractivity contribution in [2.45, 2.75) is 20.3 Å². The van der Waals surface area contributed by atoms with Gasteiger partial charge in [-0.2, -0.15) is 0 Å². The number of carbonyl (C=O) groups excluding carboxylic acids is 2. The van der Waals surface area contributed by atoms with Crippen molar-refractivity contribution in [2.75, 3.05) is 31.2 Å². The molecule has 0 atom stereocenters. The average Bonchev–Trinajstić information content (AvgIpc) is 2.81. The number of rotatable bonds is 8. The predicted octanol–water partition coefficient (Wildman–Crippen LogP) is 3.81. The Kier molecular flexibility index (Phi) is 7.72. The Hall–Kier alpha value is -4.08. The molecule has 0 aliphatic rings. The van der Waals surface area contributed by atoms with Crippen molar-refractivity contribution in [1.82, 2.24) is 14.9 Å². The van der Waals surface area contributed by atoms with Gasteiger partial charge >= 0.3 is 0 Å². The number of nitrogens with one attached hydrogen (secondary N) is 1. The summed E-state index contributed by atoms with van der Waals surface area (Å²) in [6, 6.07) is 7.42. The number of nitrogen functional groups attached to an aromatic ring is 1. The molecular formula is C24H25F2N5O3. The fourth-order valence-electron chi connectivity index (χ4n) is 3.25. The van der Waals surface area contributed by atoms with E-state index in [4.69, 9.17) is 10.5 Å². The average molecular weight is 469 g/mol. The number of ether oxygens (including phenoxy) is 1. The van der Waals surface area contributed by atoms with Crippen LogP contribution in [0.3, 0.4) is 0 Å². The first-order valence-electron chi connectivity index (χ1n) is 10.6. The van der Waals surface area contributed by atoms with E-state index in [-0.39, 0.29) is 41.0 Å². The fourth-order valence-corrected chi connectivity index (χ4v) is 3.25. The normalized spacial score (nSPS) is 10.6. The van der Waals surface area contributed by atoms with Crippen LogP contribution in [0.5, 0.6) is 5.75 Å². The molecule has 0 bridgehead atoms. The summed E-state index contributed by atoms with van der Waals surface area (Å²) in [5.41, 5.74) is 7.53. The van der Waals surface area contributed by atoms with Crippen LogP contribution in [0.4, 0.5) is 20.3 Å². The second-order valence-corrected chi connectivity index (χ2v) is 7.54. The van der Waals surface area contributed by atoms with Gasteiger partial charge in [0, 0.05) is 30.3 Å². The van der Waals surface area contributed by atoms with E-state index in [9.17, 15) is 18.4 Å². The number of hydrogen-bond donors (Lipinski definition) is 2. The molecule has 10 heteroatoms. The van der Waals surface area contributed by atoms with Crippen molar-refractivity contribution >= 4 is 23.3 Å². The highest BCUT2D eigenvalue weighted by Crippen LogP contribution is 2.36. The summed E-state index contributed by atoms with van der Waals surface area (Å²) in [5, 5.41) is 2.65. The molecule has 3 N–H and O–H groups in total. The van der Waals surface area contributed by atoms with Crippen molar-refractivity contribution in [3.8, 4) is 17.0 Å². The van der Waals surface area contributed by atoms with Crippen molar-refractivity contribution in [3.63, 3.8) is 0 Å². The Morgan fingerprint density at radius 1 is 1.12 bits per heavy atom. The first-order chi connectivity index (χ1) is 16.2. The van der Waals surface area contributed by atoms with E-state index >= 15 is 0 Å². The van der Waals surface area contributed by atoms with E-state index in [0.717, 1.165) is 12.1 Å². The van der Waals surface area contributed by atoms with Gasteiger partial charge in [-0.3, -0.25) is 9.59 Å². The molecule has 0 saturated carbocycles. The largest absolute Gasteiger partial charge is 0.486 e. The molecule has 0 saturated heterocycles. The highest BCUT2D eigenvalue weighted by atomic mass is 19.1. The van der Waals surface area contributed by atoms with Gasteiger partial charge in [-0.15, -0.1) is 0 Å². The molecule has 1 heterocycles. The molecule has 8 nitrogen and oxygen atoms in total. The Balaban J connectivity index is 1.90. The monoisotopic (exact) mass is 469 g/mol. The molecule has 0 spiro atoms. The van der Waals surface area contributed by atoms with Crippen LogP contribution in [0, 0.1) is 18.6 Å². The standard InChI is InChI=1S/C24H25F2N5O3/c1-4-20(32)31(3)9-10-34-22-21(28-13-29-23(22)27)18-11-17(26)12-19(14(18)2)30-24(33)15-5-7-16(25)8-6-15/h5-8,11-13H,4,9-10H2,1-3H3,(H,30,33)(H2,27,28,29). The van der Waals surface area contributed by atoms with Gasteiger partial charge in [0.1, 0.15) is 30.3 Å². The molecule has 3 aromatic rings. The van der Waals surface area contributed by atoms with Gasteiger partial charge in [0.2, 0.25) is 5.91 Å². The number of anilines is 2. The molecule has 0 fully saturated rings. The van der Waals surface area contributed by atoms with Gasteiger partial charge in [-0.1, -0.05) is 6.92 Å². The summed E-state index contributed by atoms with van der Waals surface area (Å²) >= 11 is 0. The lowest BCUT2D eigenvalue weighted by Crippen LogP contribution is -2.30. The number of hydrogen-bond acceptors (Lipinski definition) is 6. The Labute approximate surface area is 195 Å². The first-order valence-corrected chi connectivity index (χ1v) is 10.6. The highest BCUT2D eigenvalue weighted by molar-refractivity contribution is 6.05. The zero-order valence-electron chi connectivity index (χ0n) is 19.1. The minimum atomic E-state index is -0.619. The number of benzene rings is 2. The quantitative estimate of drug-likeness (QED) is 0.519. The molecule has 1 aromatic heterocycles. The molecule has 0 unspecified atom stereocenters. The summed E-state index contributed by atoms with van der Waals surface area (Å²) in [4.78, 5) is 34.1. The van der Waals surface area contributed by atoms with Gasteiger partial charge in [0.05, 0.1) is 6.54 Å². The first kappa shape index (κ1) is 24.6. The summed E-state index contributed by atoms with van der Waals surface area (Å²) < 4.78 is 33.5. The molecule has 0 aliphatic carbocycles.